The summed E-state index contributed by atoms with van der Waals surface area (Å²) in [6.45, 7) is 5.85. The number of fused-ring (bicyclic) bond motifs is 3. The van der Waals surface area contributed by atoms with Crippen LogP contribution < -0.4 is 15.4 Å². The molecule has 0 bridgehead atoms. The topological polar surface area (TPSA) is 181 Å². The van der Waals surface area contributed by atoms with Crippen LogP contribution in [0.1, 0.15) is 89.7 Å². The van der Waals surface area contributed by atoms with Crippen LogP contribution in [0.4, 0.5) is 9.59 Å². The van der Waals surface area contributed by atoms with Gasteiger partial charge in [0.25, 0.3) is 5.91 Å². The Balaban J connectivity index is 1.25. The number of amides is 5. The Morgan fingerprint density at radius 2 is 1.76 bits per heavy atom. The molecule has 5 aliphatic rings. The van der Waals surface area contributed by atoms with Gasteiger partial charge in [-0.05, 0) is 76.8 Å². The molecule has 278 valence electrons. The molecule has 1 aromatic carbocycles. The van der Waals surface area contributed by atoms with Crippen LogP contribution in [-0.4, -0.2) is 95.8 Å². The van der Waals surface area contributed by atoms with Crippen molar-refractivity contribution in [2.24, 2.45) is 5.92 Å². The number of rotatable bonds is 5. The highest BCUT2D eigenvalue weighted by molar-refractivity contribution is 7.91. The van der Waals surface area contributed by atoms with E-state index < -0.39 is 80.4 Å². The number of nitrogens with one attached hydrogen (secondary N) is 3. The van der Waals surface area contributed by atoms with Crippen LogP contribution in [-0.2, 0) is 46.8 Å². The van der Waals surface area contributed by atoms with Gasteiger partial charge in [0.1, 0.15) is 29.3 Å². The molecule has 3 aliphatic heterocycles. The standard InChI is InChI=1S/C36H49N5O9S/c1-35(2,3)50-33(45)37-28-14-8-6-4-5-7-13-25-20-36(25,32(44)39-51(47,48)27-15-16-27)38-30(42)29-19-26(22-41(29)31(28)43)49-34(46)40-18-17-23-11-9-10-12-24(23)21-40/h7,9-13,25-29H,4-6,8,14-22H2,1-3H3,(H,37,45)(H,38,42)(H,39,44)/t25-,26-,28-,29+,36-/m1/s1. The molecule has 0 spiro atoms. The molecule has 0 aromatic heterocycles. The Bertz CT molecular complexity index is 1690. The molecule has 3 fully saturated rings. The summed E-state index contributed by atoms with van der Waals surface area (Å²) in [5.74, 6) is -2.46. The van der Waals surface area contributed by atoms with E-state index >= 15 is 0 Å². The van der Waals surface area contributed by atoms with E-state index in [4.69, 9.17) is 9.47 Å². The van der Waals surface area contributed by atoms with E-state index in [1.807, 2.05) is 36.4 Å². The van der Waals surface area contributed by atoms with Crippen molar-refractivity contribution in [3.63, 3.8) is 0 Å². The normalized spacial score (nSPS) is 28.5. The summed E-state index contributed by atoms with van der Waals surface area (Å²) in [5, 5.41) is 4.89. The van der Waals surface area contributed by atoms with E-state index in [0.29, 0.717) is 45.2 Å². The zero-order valence-electron chi connectivity index (χ0n) is 29.5. The molecule has 5 amide bonds. The van der Waals surface area contributed by atoms with Crippen molar-refractivity contribution in [2.45, 2.75) is 126 Å². The van der Waals surface area contributed by atoms with Gasteiger partial charge in [0, 0.05) is 25.4 Å². The summed E-state index contributed by atoms with van der Waals surface area (Å²) in [4.78, 5) is 71.3. The Morgan fingerprint density at radius 3 is 2.49 bits per heavy atom. The minimum atomic E-state index is -3.89. The van der Waals surface area contributed by atoms with Gasteiger partial charge in [0.05, 0.1) is 11.8 Å². The van der Waals surface area contributed by atoms with Crippen molar-refractivity contribution >= 4 is 39.9 Å². The van der Waals surface area contributed by atoms with E-state index in [9.17, 15) is 32.4 Å². The highest BCUT2D eigenvalue weighted by Crippen LogP contribution is 2.46. The Morgan fingerprint density at radius 1 is 1.02 bits per heavy atom. The van der Waals surface area contributed by atoms with Gasteiger partial charge in [0.2, 0.25) is 21.8 Å². The van der Waals surface area contributed by atoms with Gasteiger partial charge in [-0.15, -0.1) is 0 Å². The van der Waals surface area contributed by atoms with Crippen LogP contribution in [0.3, 0.4) is 0 Å². The van der Waals surface area contributed by atoms with Gasteiger partial charge in [-0.3, -0.25) is 19.1 Å². The number of allylic oxidation sites excluding steroid dienone is 1. The Kier molecular flexibility index (Phi) is 10.4. The van der Waals surface area contributed by atoms with Crippen molar-refractivity contribution < 1.29 is 41.9 Å². The second-order valence-electron chi connectivity index (χ2n) is 15.4. The van der Waals surface area contributed by atoms with Gasteiger partial charge in [-0.2, -0.15) is 0 Å². The summed E-state index contributed by atoms with van der Waals surface area (Å²) in [5.41, 5.74) is -0.151. The fourth-order valence-corrected chi connectivity index (χ4v) is 8.53. The molecule has 6 rings (SSSR count). The average molecular weight is 728 g/mol. The second-order valence-corrected chi connectivity index (χ2v) is 17.4. The summed E-state index contributed by atoms with van der Waals surface area (Å²) in [6.07, 6.45) is 6.43. The third-order valence-electron chi connectivity index (χ3n) is 10.2. The maximum absolute atomic E-state index is 14.3. The maximum Gasteiger partial charge on any atom is 0.410 e. The molecule has 2 aliphatic carbocycles. The summed E-state index contributed by atoms with van der Waals surface area (Å²) >= 11 is 0. The van der Waals surface area contributed by atoms with Crippen LogP contribution in [0, 0.1) is 5.92 Å². The molecule has 3 N–H and O–H groups in total. The first-order valence-corrected chi connectivity index (χ1v) is 19.6. The zero-order valence-corrected chi connectivity index (χ0v) is 30.3. The molecule has 51 heavy (non-hydrogen) atoms. The van der Waals surface area contributed by atoms with Crippen LogP contribution in [0.5, 0.6) is 0 Å². The number of nitrogens with zero attached hydrogens (tertiary/aromatic N) is 2. The van der Waals surface area contributed by atoms with E-state index in [-0.39, 0.29) is 25.8 Å². The molecular weight excluding hydrogens is 678 g/mol. The fraction of sp³-hybridized carbons (Fsp3) is 0.639. The Hall–Kier alpha value is -4.14. The summed E-state index contributed by atoms with van der Waals surface area (Å²) in [7, 11) is -3.89. The molecule has 14 nitrogen and oxygen atoms in total. The van der Waals surface area contributed by atoms with Gasteiger partial charge >= 0.3 is 12.2 Å². The first kappa shape index (κ1) is 36.6. The zero-order chi connectivity index (χ0) is 36.6. The third kappa shape index (κ3) is 8.67. The molecule has 1 saturated heterocycles. The highest BCUT2D eigenvalue weighted by Gasteiger charge is 2.62. The van der Waals surface area contributed by atoms with E-state index in [1.165, 1.54) is 4.90 Å². The van der Waals surface area contributed by atoms with Gasteiger partial charge < -0.3 is 29.9 Å². The van der Waals surface area contributed by atoms with Crippen LogP contribution in [0.15, 0.2) is 36.4 Å². The minimum Gasteiger partial charge on any atom is -0.444 e. The SMILES string of the molecule is CC(C)(C)OC(=O)N[C@@H]1CCCCCC=C[C@@H]2C[C@@]2(C(=O)NS(=O)(=O)C2CC2)NC(=O)[C@@H]2C[C@@H](OC(=O)N3CCc4ccccc4C3)CN2C1=O. The van der Waals surface area contributed by atoms with Crippen LogP contribution >= 0.6 is 0 Å². The molecular formula is C36H49N5O9S. The van der Waals surface area contributed by atoms with Crippen molar-refractivity contribution in [1.82, 2.24) is 25.2 Å². The monoisotopic (exact) mass is 727 g/mol. The van der Waals surface area contributed by atoms with Crippen molar-refractivity contribution in [3.8, 4) is 0 Å². The van der Waals surface area contributed by atoms with Gasteiger partial charge in [-0.25, -0.2) is 18.0 Å². The lowest BCUT2D eigenvalue weighted by Crippen LogP contribution is -2.58. The fourth-order valence-electron chi connectivity index (χ4n) is 7.17. The van der Waals surface area contributed by atoms with Crippen molar-refractivity contribution in [2.75, 3.05) is 13.1 Å². The first-order valence-electron chi connectivity index (χ1n) is 18.0. The highest BCUT2D eigenvalue weighted by atomic mass is 32.2. The predicted molar refractivity (Wildman–Crippen MR) is 185 cm³/mol. The lowest BCUT2D eigenvalue weighted by Gasteiger charge is -2.30. The van der Waals surface area contributed by atoms with Crippen molar-refractivity contribution in [3.05, 3.63) is 47.5 Å². The number of alkyl carbamates (subject to hydrolysis) is 1. The molecule has 3 heterocycles. The molecule has 15 heteroatoms. The largest absolute Gasteiger partial charge is 0.444 e. The first-order chi connectivity index (χ1) is 24.1. The van der Waals surface area contributed by atoms with E-state index in [2.05, 4.69) is 15.4 Å². The molecule has 0 unspecified atom stereocenters. The quantitative estimate of drug-likeness (QED) is 0.385. The minimum absolute atomic E-state index is 0.0501. The average Bonchev–Trinajstić information content (AvgIpc) is 3.99. The van der Waals surface area contributed by atoms with Gasteiger partial charge in [0.15, 0.2) is 0 Å². The Labute approximate surface area is 299 Å². The van der Waals surface area contributed by atoms with E-state index in [0.717, 1.165) is 24.0 Å². The lowest BCUT2D eigenvalue weighted by molar-refractivity contribution is -0.141. The van der Waals surface area contributed by atoms with E-state index in [1.54, 1.807) is 25.7 Å². The predicted octanol–water partition coefficient (Wildman–Crippen LogP) is 3.05. The number of sulfonamides is 1. The molecule has 0 radical (unpaired) electrons. The van der Waals surface area contributed by atoms with Crippen LogP contribution in [0.25, 0.3) is 0 Å². The lowest BCUT2D eigenvalue weighted by atomic mass is 10.0. The van der Waals surface area contributed by atoms with Crippen LogP contribution in [0.2, 0.25) is 0 Å². The number of carbonyl (C=O) groups excluding carboxylic acids is 5. The van der Waals surface area contributed by atoms with Crippen molar-refractivity contribution in [1.29, 1.82) is 0 Å². The number of hydrogen-bond acceptors (Lipinski definition) is 9. The summed E-state index contributed by atoms with van der Waals surface area (Å²) < 4.78 is 39.1. The summed E-state index contributed by atoms with van der Waals surface area (Å²) in [6, 6.07) is 5.67. The third-order valence-corrected chi connectivity index (χ3v) is 12.0. The molecule has 2 saturated carbocycles. The number of hydrogen-bond donors (Lipinski definition) is 3. The maximum atomic E-state index is 14.3. The second kappa shape index (κ2) is 14.5. The molecule has 5 atom stereocenters. The molecule has 1 aromatic rings. The number of ether oxygens (including phenoxy) is 2. The smallest absolute Gasteiger partial charge is 0.410 e. The van der Waals surface area contributed by atoms with Gasteiger partial charge in [-0.1, -0.05) is 49.3 Å². The number of carbonyl (C=O) groups is 5. The number of benzene rings is 1.